The van der Waals surface area contributed by atoms with Gasteiger partial charge < -0.3 is 14.4 Å². The molecule has 3 aromatic rings. The lowest BCUT2D eigenvalue weighted by molar-refractivity contribution is 0.0526. The van der Waals surface area contributed by atoms with Crippen LogP contribution in [0.3, 0.4) is 0 Å². The Morgan fingerprint density at radius 3 is 2.44 bits per heavy atom. The summed E-state index contributed by atoms with van der Waals surface area (Å²) in [5.74, 6) is -1.44. The highest BCUT2D eigenvalue weighted by Gasteiger charge is 2.13. The van der Waals surface area contributed by atoms with Crippen molar-refractivity contribution in [1.29, 1.82) is 5.26 Å². The number of hydrogen-bond donors (Lipinski definition) is 1. The molecular weight excluding hydrogens is 320 g/mol. The van der Waals surface area contributed by atoms with E-state index < -0.39 is 11.9 Å². The van der Waals surface area contributed by atoms with Crippen molar-refractivity contribution in [2.45, 2.75) is 6.92 Å². The smallest absolute Gasteiger partial charge is 0.338 e. The van der Waals surface area contributed by atoms with Gasteiger partial charge in [0.05, 0.1) is 28.8 Å². The third kappa shape index (κ3) is 2.95. The first-order valence-corrected chi connectivity index (χ1v) is 7.61. The molecule has 3 rings (SSSR count). The Kier molecular flexibility index (Phi) is 4.23. The van der Waals surface area contributed by atoms with E-state index in [1.807, 2.05) is 0 Å². The van der Waals surface area contributed by atoms with E-state index in [0.29, 0.717) is 28.6 Å². The zero-order valence-electron chi connectivity index (χ0n) is 13.4. The summed E-state index contributed by atoms with van der Waals surface area (Å²) in [6, 6.07) is 13.5. The summed E-state index contributed by atoms with van der Waals surface area (Å²) in [7, 11) is 0. The van der Waals surface area contributed by atoms with Crippen LogP contribution in [0.5, 0.6) is 0 Å². The SMILES string of the molecule is CCOC(=O)c1ccc(-n2cc(C#N)c3cc(C(=O)O)ccc32)cc1. The Hall–Kier alpha value is -3.59. The van der Waals surface area contributed by atoms with Crippen molar-refractivity contribution in [2.75, 3.05) is 6.61 Å². The predicted molar refractivity (Wildman–Crippen MR) is 90.9 cm³/mol. The lowest BCUT2D eigenvalue weighted by Crippen LogP contribution is -2.04. The van der Waals surface area contributed by atoms with Gasteiger partial charge in [-0.25, -0.2) is 9.59 Å². The van der Waals surface area contributed by atoms with Crippen LogP contribution in [0.1, 0.15) is 33.2 Å². The number of carboxylic acids is 1. The number of aromatic carboxylic acids is 1. The molecule has 0 amide bonds. The standard InChI is InChI=1S/C19H14N2O4/c1-2-25-19(24)12-3-6-15(7-4-12)21-11-14(10-20)16-9-13(18(22)23)5-8-17(16)21/h3-9,11H,2H2,1H3,(H,22,23). The second-order valence-electron chi connectivity index (χ2n) is 5.33. The number of carbonyl (C=O) groups excluding carboxylic acids is 1. The van der Waals surface area contributed by atoms with Gasteiger partial charge in [0, 0.05) is 17.3 Å². The van der Waals surface area contributed by atoms with Crippen molar-refractivity contribution in [3.05, 3.63) is 65.4 Å². The van der Waals surface area contributed by atoms with Gasteiger partial charge >= 0.3 is 11.9 Å². The minimum absolute atomic E-state index is 0.124. The molecule has 6 nitrogen and oxygen atoms in total. The van der Waals surface area contributed by atoms with Gasteiger partial charge in [-0.15, -0.1) is 0 Å². The number of rotatable bonds is 4. The van der Waals surface area contributed by atoms with E-state index in [2.05, 4.69) is 6.07 Å². The number of carbonyl (C=O) groups is 2. The zero-order valence-corrected chi connectivity index (χ0v) is 13.4. The molecule has 25 heavy (non-hydrogen) atoms. The number of fused-ring (bicyclic) bond motifs is 1. The van der Waals surface area contributed by atoms with Gasteiger partial charge in [0.2, 0.25) is 0 Å². The van der Waals surface area contributed by atoms with E-state index in [-0.39, 0.29) is 5.56 Å². The Morgan fingerprint density at radius 2 is 1.84 bits per heavy atom. The average Bonchev–Trinajstić information content (AvgIpc) is 3.00. The molecule has 6 heteroatoms. The fraction of sp³-hybridized carbons (Fsp3) is 0.105. The van der Waals surface area contributed by atoms with Crippen LogP contribution in [0.15, 0.2) is 48.7 Å². The van der Waals surface area contributed by atoms with Crippen LogP contribution in [0.2, 0.25) is 0 Å². The molecule has 0 fully saturated rings. The summed E-state index contributed by atoms with van der Waals surface area (Å²) < 4.78 is 6.74. The number of hydrogen-bond acceptors (Lipinski definition) is 4. The summed E-state index contributed by atoms with van der Waals surface area (Å²) in [5, 5.41) is 19.0. The van der Waals surface area contributed by atoms with Crippen molar-refractivity contribution in [3.63, 3.8) is 0 Å². The van der Waals surface area contributed by atoms with Crippen LogP contribution in [-0.4, -0.2) is 28.2 Å². The number of carboxylic acid groups (broad SMARTS) is 1. The van der Waals surface area contributed by atoms with E-state index in [1.165, 1.54) is 12.1 Å². The molecule has 0 unspecified atom stereocenters. The van der Waals surface area contributed by atoms with Crippen molar-refractivity contribution in [2.24, 2.45) is 0 Å². The van der Waals surface area contributed by atoms with Crippen molar-refractivity contribution in [3.8, 4) is 11.8 Å². The van der Waals surface area contributed by atoms with E-state index in [4.69, 9.17) is 9.84 Å². The number of nitrogens with zero attached hydrogens (tertiary/aromatic N) is 2. The normalized spacial score (nSPS) is 10.4. The summed E-state index contributed by atoms with van der Waals surface area (Å²) >= 11 is 0. The molecular formula is C19H14N2O4. The van der Waals surface area contributed by atoms with Crippen molar-refractivity contribution in [1.82, 2.24) is 4.57 Å². The number of esters is 1. The third-order valence-corrected chi connectivity index (χ3v) is 3.83. The second kappa shape index (κ2) is 6.49. The average molecular weight is 334 g/mol. The zero-order chi connectivity index (χ0) is 18.0. The van der Waals surface area contributed by atoms with Gasteiger partial charge in [0.25, 0.3) is 0 Å². The molecule has 0 atom stereocenters. The minimum Gasteiger partial charge on any atom is -0.478 e. The number of ether oxygens (including phenoxy) is 1. The lowest BCUT2D eigenvalue weighted by atomic mass is 10.1. The molecule has 1 aromatic heterocycles. The molecule has 0 bridgehead atoms. The molecule has 0 saturated heterocycles. The summed E-state index contributed by atoms with van der Waals surface area (Å²) in [6.07, 6.45) is 1.65. The van der Waals surface area contributed by atoms with E-state index in [9.17, 15) is 14.9 Å². The lowest BCUT2D eigenvalue weighted by Gasteiger charge is -2.07. The number of aromatic nitrogens is 1. The monoisotopic (exact) mass is 334 g/mol. The summed E-state index contributed by atoms with van der Waals surface area (Å²) in [6.45, 7) is 2.05. The van der Waals surface area contributed by atoms with Crippen LogP contribution >= 0.6 is 0 Å². The molecule has 0 aliphatic carbocycles. The van der Waals surface area contributed by atoms with Crippen molar-refractivity contribution < 1.29 is 19.4 Å². The van der Waals surface area contributed by atoms with Crippen LogP contribution < -0.4 is 0 Å². The van der Waals surface area contributed by atoms with Gasteiger partial charge in [-0.2, -0.15) is 5.26 Å². The van der Waals surface area contributed by atoms with E-state index >= 15 is 0 Å². The summed E-state index contributed by atoms with van der Waals surface area (Å²) in [5.41, 5.74) is 2.41. The maximum Gasteiger partial charge on any atom is 0.338 e. The van der Waals surface area contributed by atoms with Gasteiger partial charge in [-0.1, -0.05) is 0 Å². The predicted octanol–water partition coefficient (Wildman–Crippen LogP) is 3.38. The first-order chi connectivity index (χ1) is 12.0. The fourth-order valence-electron chi connectivity index (χ4n) is 2.64. The van der Waals surface area contributed by atoms with E-state index in [0.717, 1.165) is 5.69 Å². The molecule has 0 radical (unpaired) electrons. The minimum atomic E-state index is -1.04. The molecule has 1 heterocycles. The second-order valence-corrected chi connectivity index (χ2v) is 5.33. The largest absolute Gasteiger partial charge is 0.478 e. The highest BCUT2D eigenvalue weighted by molar-refractivity contribution is 5.96. The third-order valence-electron chi connectivity index (χ3n) is 3.83. The van der Waals surface area contributed by atoms with Crippen LogP contribution in [0.4, 0.5) is 0 Å². The number of benzene rings is 2. The van der Waals surface area contributed by atoms with Crippen LogP contribution in [0, 0.1) is 11.3 Å². The van der Waals surface area contributed by atoms with E-state index in [1.54, 1.807) is 48.0 Å². The van der Waals surface area contributed by atoms with Gasteiger partial charge in [-0.3, -0.25) is 0 Å². The maximum atomic E-state index is 11.7. The van der Waals surface area contributed by atoms with Gasteiger partial charge in [0.15, 0.2) is 0 Å². The molecule has 0 aliphatic heterocycles. The highest BCUT2D eigenvalue weighted by atomic mass is 16.5. The number of nitriles is 1. The quantitative estimate of drug-likeness (QED) is 0.738. The topological polar surface area (TPSA) is 92.3 Å². The van der Waals surface area contributed by atoms with Gasteiger partial charge in [-0.05, 0) is 49.4 Å². The van der Waals surface area contributed by atoms with Gasteiger partial charge in [0.1, 0.15) is 6.07 Å². The molecule has 0 aliphatic rings. The van der Waals surface area contributed by atoms with Crippen LogP contribution in [0.25, 0.3) is 16.6 Å². The Balaban J connectivity index is 2.08. The molecule has 0 saturated carbocycles. The molecule has 2 aromatic carbocycles. The Morgan fingerprint density at radius 1 is 1.16 bits per heavy atom. The Bertz CT molecular complexity index is 1010. The molecule has 124 valence electrons. The summed E-state index contributed by atoms with van der Waals surface area (Å²) in [4.78, 5) is 22.9. The van der Waals surface area contributed by atoms with Crippen molar-refractivity contribution >= 4 is 22.8 Å². The highest BCUT2D eigenvalue weighted by Crippen LogP contribution is 2.26. The molecule has 1 N–H and O–H groups in total. The molecule has 0 spiro atoms. The first kappa shape index (κ1) is 16.3. The fourth-order valence-corrected chi connectivity index (χ4v) is 2.64. The maximum absolute atomic E-state index is 11.7. The Labute approximate surface area is 143 Å². The first-order valence-electron chi connectivity index (χ1n) is 7.61. The van der Waals surface area contributed by atoms with Crippen LogP contribution in [-0.2, 0) is 4.74 Å².